The molecule has 0 unspecified atom stereocenters. The molecule has 1 aromatic heterocycles. The second kappa shape index (κ2) is 4.28. The maximum atomic E-state index is 12.3. The number of nitrogens with zero attached hydrogens (tertiary/aromatic N) is 1. The number of hydrogen-bond donors (Lipinski definition) is 0. The zero-order chi connectivity index (χ0) is 9.30. The molecule has 1 nitrogen and oxygen atoms in total. The van der Waals surface area contributed by atoms with Gasteiger partial charge in [-0.3, -0.25) is 0 Å². The Morgan fingerprint density at radius 3 is 2.50 bits per heavy atom. The highest BCUT2D eigenvalue weighted by atomic mass is 127. The van der Waals surface area contributed by atoms with Crippen LogP contribution in [0.15, 0.2) is 15.1 Å². The quantitative estimate of drug-likeness (QED) is 0.499. The predicted octanol–water partition coefficient (Wildman–Crippen LogP) is 4.15. The fraction of sp³-hybridized carbons (Fsp3) is 0.167. The third-order valence-corrected chi connectivity index (χ3v) is 3.91. The summed E-state index contributed by atoms with van der Waals surface area (Å²) in [4.78, 5) is 3.94. The second-order valence-corrected chi connectivity index (χ2v) is 4.57. The van der Waals surface area contributed by atoms with E-state index in [1.807, 2.05) is 22.6 Å². The number of aromatic nitrogens is 1. The van der Waals surface area contributed by atoms with Crippen LogP contribution in [-0.2, 0) is 0 Å². The number of rotatable bonds is 1. The van der Waals surface area contributed by atoms with Crippen molar-refractivity contribution in [1.29, 1.82) is 0 Å². The third kappa shape index (κ3) is 2.35. The van der Waals surface area contributed by atoms with E-state index in [1.165, 1.54) is 6.07 Å². The Kier molecular flexibility index (Phi) is 3.84. The Balaban J connectivity index is 3.28. The van der Waals surface area contributed by atoms with E-state index >= 15 is 0 Å². The van der Waals surface area contributed by atoms with Crippen LogP contribution in [0.25, 0.3) is 0 Å². The molecule has 0 bridgehead atoms. The molecule has 0 atom stereocenters. The maximum absolute atomic E-state index is 12.3. The van der Waals surface area contributed by atoms with Crippen LogP contribution in [-0.4, -0.2) is 4.98 Å². The first kappa shape index (κ1) is 10.8. The average Bonchev–Trinajstić information content (AvgIpc) is 1.96. The predicted molar refractivity (Wildman–Crippen MR) is 57.3 cm³/mol. The van der Waals surface area contributed by atoms with Gasteiger partial charge >= 0.3 is 0 Å². The third-order valence-electron chi connectivity index (χ3n) is 1.15. The summed E-state index contributed by atoms with van der Waals surface area (Å²) in [5.74, 6) is 0. The van der Waals surface area contributed by atoms with Crippen molar-refractivity contribution in [2.75, 3.05) is 0 Å². The first-order valence-electron chi connectivity index (χ1n) is 2.82. The molecule has 0 aliphatic rings. The Hall–Kier alpha value is 0.700. The molecule has 66 valence electrons. The Morgan fingerprint density at radius 1 is 1.42 bits per heavy atom. The molecule has 0 aromatic carbocycles. The van der Waals surface area contributed by atoms with Crippen LogP contribution in [0.3, 0.4) is 0 Å². The van der Waals surface area contributed by atoms with Crippen molar-refractivity contribution in [2.45, 2.75) is 6.43 Å². The van der Waals surface area contributed by atoms with Gasteiger partial charge in [-0.2, -0.15) is 0 Å². The molecular weight excluding hydrogens is 411 g/mol. The fourth-order valence-electron chi connectivity index (χ4n) is 0.645. The standard InChI is InChI=1S/C6H2Br2F2IN/c7-3-1-2(5(9)10)4(8)6(11)12-3/h1,5H. The van der Waals surface area contributed by atoms with E-state index in [0.29, 0.717) is 12.8 Å². The van der Waals surface area contributed by atoms with E-state index in [4.69, 9.17) is 0 Å². The van der Waals surface area contributed by atoms with E-state index in [0.717, 1.165) is 0 Å². The van der Waals surface area contributed by atoms with Crippen LogP contribution in [0.5, 0.6) is 0 Å². The van der Waals surface area contributed by atoms with Gasteiger partial charge in [-0.25, -0.2) is 13.8 Å². The minimum Gasteiger partial charge on any atom is -0.234 e. The van der Waals surface area contributed by atoms with Crippen LogP contribution < -0.4 is 0 Å². The molecule has 1 aromatic rings. The summed E-state index contributed by atoms with van der Waals surface area (Å²) < 4.78 is 25.9. The molecule has 0 amide bonds. The molecule has 1 rings (SSSR count). The summed E-state index contributed by atoms with van der Waals surface area (Å²) in [6.07, 6.45) is -2.48. The Labute approximate surface area is 98.3 Å². The number of halogens is 5. The highest BCUT2D eigenvalue weighted by Gasteiger charge is 2.15. The van der Waals surface area contributed by atoms with Gasteiger partial charge in [-0.05, 0) is 60.5 Å². The monoisotopic (exact) mass is 411 g/mol. The van der Waals surface area contributed by atoms with E-state index in [9.17, 15) is 8.78 Å². The minimum atomic E-state index is -2.48. The normalized spacial score (nSPS) is 10.8. The fourth-order valence-corrected chi connectivity index (χ4v) is 2.35. The smallest absolute Gasteiger partial charge is 0.234 e. The lowest BCUT2D eigenvalue weighted by molar-refractivity contribution is 0.150. The summed E-state index contributed by atoms with van der Waals surface area (Å²) in [5, 5.41) is 0. The lowest BCUT2D eigenvalue weighted by Crippen LogP contribution is -1.92. The van der Waals surface area contributed by atoms with Crippen LogP contribution in [0, 0.1) is 3.70 Å². The van der Waals surface area contributed by atoms with E-state index in [1.54, 1.807) is 0 Å². The number of alkyl halides is 2. The molecule has 1 heterocycles. The number of pyridine rings is 1. The van der Waals surface area contributed by atoms with Crippen molar-refractivity contribution in [1.82, 2.24) is 4.98 Å². The Bertz CT molecular complexity index is 306. The van der Waals surface area contributed by atoms with Gasteiger partial charge in [-0.15, -0.1) is 0 Å². The average molecular weight is 413 g/mol. The van der Waals surface area contributed by atoms with E-state index in [2.05, 4.69) is 36.8 Å². The van der Waals surface area contributed by atoms with E-state index < -0.39 is 6.43 Å². The van der Waals surface area contributed by atoms with Gasteiger partial charge in [-0.1, -0.05) is 0 Å². The lowest BCUT2D eigenvalue weighted by Gasteiger charge is -2.04. The van der Waals surface area contributed by atoms with Gasteiger partial charge < -0.3 is 0 Å². The molecule has 0 saturated carbocycles. The second-order valence-electron chi connectivity index (χ2n) is 1.94. The summed E-state index contributed by atoms with van der Waals surface area (Å²) in [6.45, 7) is 0. The van der Waals surface area contributed by atoms with Gasteiger partial charge in [0.1, 0.15) is 8.30 Å². The largest absolute Gasteiger partial charge is 0.265 e. The molecule has 0 radical (unpaired) electrons. The van der Waals surface area contributed by atoms with Gasteiger partial charge in [0, 0.05) is 5.56 Å². The zero-order valence-electron chi connectivity index (χ0n) is 5.49. The summed E-state index contributed by atoms with van der Waals surface area (Å²) in [5.41, 5.74) is -0.0405. The molecule has 0 N–H and O–H groups in total. The highest BCUT2D eigenvalue weighted by molar-refractivity contribution is 14.1. The SMILES string of the molecule is FC(F)c1cc(Br)nc(I)c1Br. The van der Waals surface area contributed by atoms with Gasteiger partial charge in [0.05, 0.1) is 4.47 Å². The Morgan fingerprint density at radius 2 is 2.00 bits per heavy atom. The molecule has 0 spiro atoms. The van der Waals surface area contributed by atoms with Gasteiger partial charge in [0.25, 0.3) is 6.43 Å². The van der Waals surface area contributed by atoms with Crippen molar-refractivity contribution in [3.8, 4) is 0 Å². The zero-order valence-corrected chi connectivity index (χ0v) is 10.8. The molecule has 12 heavy (non-hydrogen) atoms. The summed E-state index contributed by atoms with van der Waals surface area (Å²) in [6, 6.07) is 1.30. The van der Waals surface area contributed by atoms with Crippen molar-refractivity contribution in [3.63, 3.8) is 0 Å². The topological polar surface area (TPSA) is 12.9 Å². The van der Waals surface area contributed by atoms with Crippen molar-refractivity contribution >= 4 is 54.5 Å². The molecule has 0 aliphatic heterocycles. The van der Waals surface area contributed by atoms with Gasteiger partial charge in [0.2, 0.25) is 0 Å². The molecule has 0 fully saturated rings. The highest BCUT2D eigenvalue weighted by Crippen LogP contribution is 2.31. The molecule has 0 aliphatic carbocycles. The minimum absolute atomic E-state index is 0.0405. The number of hydrogen-bond acceptors (Lipinski definition) is 1. The van der Waals surface area contributed by atoms with E-state index in [-0.39, 0.29) is 5.56 Å². The van der Waals surface area contributed by atoms with Crippen LogP contribution in [0.2, 0.25) is 0 Å². The first-order valence-corrected chi connectivity index (χ1v) is 5.48. The van der Waals surface area contributed by atoms with Crippen LogP contribution >= 0.6 is 54.5 Å². The molecular formula is C6H2Br2F2IN. The van der Waals surface area contributed by atoms with Gasteiger partial charge in [0.15, 0.2) is 0 Å². The van der Waals surface area contributed by atoms with Crippen LogP contribution in [0.4, 0.5) is 8.78 Å². The molecule has 6 heteroatoms. The van der Waals surface area contributed by atoms with Crippen LogP contribution in [0.1, 0.15) is 12.0 Å². The molecule has 0 saturated heterocycles. The van der Waals surface area contributed by atoms with Crippen molar-refractivity contribution < 1.29 is 8.78 Å². The summed E-state index contributed by atoms with van der Waals surface area (Å²) >= 11 is 7.98. The lowest BCUT2D eigenvalue weighted by atomic mass is 10.3. The van der Waals surface area contributed by atoms with Crippen molar-refractivity contribution in [2.24, 2.45) is 0 Å². The first-order chi connectivity index (χ1) is 5.52. The summed E-state index contributed by atoms with van der Waals surface area (Å²) in [7, 11) is 0. The maximum Gasteiger partial charge on any atom is 0.265 e. The van der Waals surface area contributed by atoms with Crippen molar-refractivity contribution in [3.05, 3.63) is 24.4 Å².